The number of para-hydroxylation sites is 5. The van der Waals surface area contributed by atoms with E-state index in [-0.39, 0.29) is 5.41 Å². The van der Waals surface area contributed by atoms with Gasteiger partial charge in [-0.05, 0) is 98.8 Å². The Morgan fingerprint density at radius 3 is 1.78 bits per heavy atom. The molecule has 63 heavy (non-hydrogen) atoms. The average molecular weight is 812 g/mol. The lowest BCUT2D eigenvalue weighted by molar-refractivity contribution is 0.445. The van der Waals surface area contributed by atoms with Crippen molar-refractivity contribution >= 4 is 49.8 Å². The lowest BCUT2D eigenvalue weighted by Gasteiger charge is -2.32. The van der Waals surface area contributed by atoms with Crippen molar-refractivity contribution in [2.24, 2.45) is 0 Å². The molecule has 1 fully saturated rings. The van der Waals surface area contributed by atoms with Crippen molar-refractivity contribution in [3.05, 3.63) is 211 Å². The quantitative estimate of drug-likeness (QED) is 0.159. The molecule has 0 bridgehead atoms. The van der Waals surface area contributed by atoms with E-state index in [4.69, 9.17) is 4.42 Å². The molecule has 1 aromatic heterocycles. The molecule has 2 nitrogen and oxygen atoms in total. The summed E-state index contributed by atoms with van der Waals surface area (Å²) in [6, 6.07) is 72.0. The molecular formula is C61H49NO. The van der Waals surface area contributed by atoms with Crippen molar-refractivity contribution in [2.75, 3.05) is 4.90 Å². The molecule has 1 heterocycles. The first-order chi connectivity index (χ1) is 31.0. The van der Waals surface area contributed by atoms with Crippen molar-refractivity contribution < 1.29 is 4.42 Å². The first-order valence-corrected chi connectivity index (χ1v) is 22.8. The summed E-state index contributed by atoms with van der Waals surface area (Å²) in [5.74, 6) is 0.563. The van der Waals surface area contributed by atoms with Gasteiger partial charge in [-0.1, -0.05) is 197 Å². The van der Waals surface area contributed by atoms with E-state index in [2.05, 4.69) is 213 Å². The predicted octanol–water partition coefficient (Wildman–Crippen LogP) is 17.6. The third-order valence-electron chi connectivity index (χ3n) is 14.3. The van der Waals surface area contributed by atoms with Crippen LogP contribution in [0.1, 0.15) is 68.6 Å². The van der Waals surface area contributed by atoms with Gasteiger partial charge in [0.1, 0.15) is 11.2 Å². The number of rotatable bonds is 7. The van der Waals surface area contributed by atoms with Crippen LogP contribution in [0.4, 0.5) is 17.1 Å². The molecule has 2 aliphatic rings. The van der Waals surface area contributed by atoms with Crippen LogP contribution in [-0.2, 0) is 5.41 Å². The fourth-order valence-electron chi connectivity index (χ4n) is 11.3. The van der Waals surface area contributed by atoms with E-state index < -0.39 is 0 Å². The Balaban J connectivity index is 1.12. The molecule has 0 atom stereocenters. The van der Waals surface area contributed by atoms with Gasteiger partial charge in [-0.15, -0.1) is 0 Å². The Morgan fingerprint density at radius 2 is 1.00 bits per heavy atom. The summed E-state index contributed by atoms with van der Waals surface area (Å²) >= 11 is 0. The van der Waals surface area contributed by atoms with Gasteiger partial charge in [0.2, 0.25) is 0 Å². The molecule has 2 heteroatoms. The third-order valence-corrected chi connectivity index (χ3v) is 14.3. The molecule has 10 aromatic rings. The summed E-state index contributed by atoms with van der Waals surface area (Å²) in [5.41, 5.74) is 19.0. The highest BCUT2D eigenvalue weighted by molar-refractivity contribution is 6.12. The van der Waals surface area contributed by atoms with Gasteiger partial charge in [-0.2, -0.15) is 0 Å². The second kappa shape index (κ2) is 15.0. The zero-order chi connectivity index (χ0) is 42.1. The van der Waals surface area contributed by atoms with Crippen LogP contribution in [0.15, 0.2) is 199 Å². The summed E-state index contributed by atoms with van der Waals surface area (Å²) in [7, 11) is 0. The van der Waals surface area contributed by atoms with Gasteiger partial charge in [0.05, 0.1) is 17.1 Å². The molecule has 0 amide bonds. The minimum atomic E-state index is -0.120. The Labute approximate surface area is 370 Å². The van der Waals surface area contributed by atoms with Gasteiger partial charge < -0.3 is 9.32 Å². The van der Waals surface area contributed by atoms with Gasteiger partial charge in [0.15, 0.2) is 0 Å². The summed E-state index contributed by atoms with van der Waals surface area (Å²) in [6.45, 7) is 4.74. The first kappa shape index (κ1) is 37.6. The molecule has 0 saturated heterocycles. The van der Waals surface area contributed by atoms with Crippen molar-refractivity contribution in [1.82, 2.24) is 0 Å². The fraction of sp³-hybridized carbons (Fsp3) is 0.148. The molecule has 0 unspecified atom stereocenters. The maximum atomic E-state index is 6.76. The zero-order valence-corrected chi connectivity index (χ0v) is 35.9. The molecule has 2 aliphatic carbocycles. The smallest absolute Gasteiger partial charge is 0.143 e. The van der Waals surface area contributed by atoms with Crippen LogP contribution in [0, 0.1) is 0 Å². The SMILES string of the molecule is CC1(C)c2ccccc2-c2ccc(-c3ccccc3N(c3ccccc3-c3cccc4c3oc3ccccc34)c3ccccc3-c3cccc4cccc(C5CCCCC5)c34)cc21. The first-order valence-electron chi connectivity index (χ1n) is 22.8. The normalized spacial score (nSPS) is 14.6. The maximum Gasteiger partial charge on any atom is 0.143 e. The Morgan fingerprint density at radius 1 is 0.444 bits per heavy atom. The number of hydrogen-bond acceptors (Lipinski definition) is 2. The molecule has 0 N–H and O–H groups in total. The van der Waals surface area contributed by atoms with E-state index in [1.54, 1.807) is 0 Å². The zero-order valence-electron chi connectivity index (χ0n) is 35.9. The molecule has 12 rings (SSSR count). The summed E-state index contributed by atoms with van der Waals surface area (Å²) in [5, 5.41) is 4.94. The minimum absolute atomic E-state index is 0.120. The predicted molar refractivity (Wildman–Crippen MR) is 266 cm³/mol. The van der Waals surface area contributed by atoms with Crippen molar-refractivity contribution in [3.63, 3.8) is 0 Å². The third kappa shape index (κ3) is 6.07. The number of hydrogen-bond donors (Lipinski definition) is 0. The second-order valence-corrected chi connectivity index (χ2v) is 18.2. The highest BCUT2D eigenvalue weighted by Crippen LogP contribution is 2.53. The summed E-state index contributed by atoms with van der Waals surface area (Å²) in [6.07, 6.45) is 6.42. The Hall–Kier alpha value is -7.16. The number of benzene rings is 9. The van der Waals surface area contributed by atoms with Crippen molar-refractivity contribution in [2.45, 2.75) is 57.3 Å². The van der Waals surface area contributed by atoms with E-state index in [1.807, 2.05) is 0 Å². The van der Waals surface area contributed by atoms with E-state index in [0.29, 0.717) is 5.92 Å². The Bertz CT molecular complexity index is 3370. The van der Waals surface area contributed by atoms with Gasteiger partial charge in [0.25, 0.3) is 0 Å². The van der Waals surface area contributed by atoms with Crippen molar-refractivity contribution in [1.29, 1.82) is 0 Å². The topological polar surface area (TPSA) is 16.4 Å². The van der Waals surface area contributed by atoms with Crippen LogP contribution < -0.4 is 4.90 Å². The van der Waals surface area contributed by atoms with Crippen LogP contribution in [0.5, 0.6) is 0 Å². The lowest BCUT2D eigenvalue weighted by Crippen LogP contribution is -2.15. The number of nitrogens with zero attached hydrogens (tertiary/aromatic N) is 1. The highest BCUT2D eigenvalue weighted by atomic mass is 16.3. The molecule has 9 aromatic carbocycles. The monoisotopic (exact) mass is 811 g/mol. The van der Waals surface area contributed by atoms with Crippen LogP contribution >= 0.6 is 0 Å². The van der Waals surface area contributed by atoms with Gasteiger partial charge in [0, 0.05) is 38.4 Å². The molecule has 0 spiro atoms. The van der Waals surface area contributed by atoms with Gasteiger partial charge in [-0.25, -0.2) is 0 Å². The summed E-state index contributed by atoms with van der Waals surface area (Å²) < 4.78 is 6.76. The average Bonchev–Trinajstić information content (AvgIpc) is 3.84. The number of furan rings is 1. The molecular weight excluding hydrogens is 763 g/mol. The molecule has 304 valence electrons. The summed E-state index contributed by atoms with van der Waals surface area (Å²) in [4.78, 5) is 2.54. The van der Waals surface area contributed by atoms with Gasteiger partial charge in [-0.3, -0.25) is 0 Å². The van der Waals surface area contributed by atoms with Crippen molar-refractivity contribution in [3.8, 4) is 44.5 Å². The van der Waals surface area contributed by atoms with E-state index in [0.717, 1.165) is 50.1 Å². The van der Waals surface area contributed by atoms with E-state index >= 15 is 0 Å². The van der Waals surface area contributed by atoms with Crippen LogP contribution in [0.25, 0.3) is 77.2 Å². The van der Waals surface area contributed by atoms with Crippen LogP contribution in [-0.4, -0.2) is 0 Å². The lowest BCUT2D eigenvalue weighted by atomic mass is 9.80. The molecule has 1 saturated carbocycles. The van der Waals surface area contributed by atoms with Crippen LogP contribution in [0.2, 0.25) is 0 Å². The standard InChI is InChI=1S/C61H49NO/c1-61(2)53-32-11-6-24-45(53)46-38-37-42(39-54(46)61)43-23-7-12-33-55(43)62(57-35-14-9-26-48(57)51-30-18-31-52-49-27-10-15-36-58(49)63-60(51)52)56-34-13-8-25-47(56)50-29-17-22-41-21-16-28-44(59(41)50)40-19-4-3-5-20-40/h6-18,21-40H,3-5,19-20H2,1-2H3. The van der Waals surface area contributed by atoms with E-state index in [9.17, 15) is 0 Å². The highest BCUT2D eigenvalue weighted by Gasteiger charge is 2.36. The fourth-order valence-corrected chi connectivity index (χ4v) is 11.3. The molecule has 0 radical (unpaired) electrons. The largest absolute Gasteiger partial charge is 0.455 e. The molecule has 0 aliphatic heterocycles. The van der Waals surface area contributed by atoms with Gasteiger partial charge >= 0.3 is 0 Å². The second-order valence-electron chi connectivity index (χ2n) is 18.2. The van der Waals surface area contributed by atoms with E-state index in [1.165, 1.54) is 92.9 Å². The number of fused-ring (bicyclic) bond motifs is 7. The number of anilines is 3. The Kier molecular flexibility index (Phi) is 8.97. The minimum Gasteiger partial charge on any atom is -0.455 e. The maximum absolute atomic E-state index is 6.76. The van der Waals surface area contributed by atoms with Crippen LogP contribution in [0.3, 0.4) is 0 Å².